The number of hydrogen-bond acceptors (Lipinski definition) is 6. The molecule has 0 N–H and O–H groups in total. The molecule has 1 fully saturated rings. The summed E-state index contributed by atoms with van der Waals surface area (Å²) in [5.41, 5.74) is 0. The second-order valence-electron chi connectivity index (χ2n) is 5.98. The molecule has 0 saturated carbocycles. The monoisotopic (exact) mass is 330 g/mol. The number of piperazine rings is 1. The molecule has 128 valence electrons. The SMILES string of the molecule is O=C(CCN1CCN(CCC(=O)c2ccco2)CC1)c1ccco1. The molecule has 6 nitrogen and oxygen atoms in total. The molecule has 3 rings (SSSR count). The van der Waals surface area contributed by atoms with Crippen LogP contribution in [0.1, 0.15) is 34.0 Å². The molecule has 2 aromatic rings. The van der Waals surface area contributed by atoms with Crippen molar-refractivity contribution in [3.8, 4) is 0 Å². The summed E-state index contributed by atoms with van der Waals surface area (Å²) >= 11 is 0. The highest BCUT2D eigenvalue weighted by Gasteiger charge is 2.19. The molecule has 0 unspecified atom stereocenters. The van der Waals surface area contributed by atoms with Gasteiger partial charge in [-0.1, -0.05) is 0 Å². The topological polar surface area (TPSA) is 66.9 Å². The molecule has 0 aliphatic carbocycles. The maximum atomic E-state index is 11.9. The van der Waals surface area contributed by atoms with Crippen LogP contribution in [0.25, 0.3) is 0 Å². The van der Waals surface area contributed by atoms with Crippen LogP contribution in [0.2, 0.25) is 0 Å². The van der Waals surface area contributed by atoms with Crippen molar-refractivity contribution >= 4 is 11.6 Å². The second-order valence-corrected chi connectivity index (χ2v) is 5.98. The lowest BCUT2D eigenvalue weighted by molar-refractivity contribution is 0.0861. The molecule has 0 aromatic carbocycles. The van der Waals surface area contributed by atoms with E-state index in [9.17, 15) is 9.59 Å². The Morgan fingerprint density at radius 3 is 1.54 bits per heavy atom. The van der Waals surface area contributed by atoms with E-state index in [1.54, 1.807) is 24.3 Å². The molecule has 0 atom stereocenters. The fraction of sp³-hybridized carbons (Fsp3) is 0.444. The molecule has 1 saturated heterocycles. The summed E-state index contributed by atoms with van der Waals surface area (Å²) in [5.74, 6) is 0.966. The first kappa shape index (κ1) is 16.7. The van der Waals surface area contributed by atoms with E-state index in [4.69, 9.17) is 8.83 Å². The minimum Gasteiger partial charge on any atom is -0.461 e. The fourth-order valence-electron chi connectivity index (χ4n) is 2.88. The number of hydrogen-bond donors (Lipinski definition) is 0. The minimum absolute atomic E-state index is 0.0477. The first-order valence-corrected chi connectivity index (χ1v) is 8.30. The lowest BCUT2D eigenvalue weighted by Gasteiger charge is -2.34. The van der Waals surface area contributed by atoms with Crippen molar-refractivity contribution in [2.24, 2.45) is 0 Å². The van der Waals surface area contributed by atoms with Gasteiger partial charge in [0.1, 0.15) is 0 Å². The standard InChI is InChI=1S/C18H22N2O4/c21-15(17-3-1-13-23-17)5-7-19-9-11-20(12-10-19)8-6-16(22)18-4-2-14-24-18/h1-4,13-14H,5-12H2. The highest BCUT2D eigenvalue weighted by molar-refractivity contribution is 5.93. The van der Waals surface area contributed by atoms with Gasteiger partial charge in [-0.05, 0) is 24.3 Å². The summed E-state index contributed by atoms with van der Waals surface area (Å²) in [4.78, 5) is 28.4. The van der Waals surface area contributed by atoms with Crippen LogP contribution in [0.4, 0.5) is 0 Å². The van der Waals surface area contributed by atoms with Gasteiger partial charge in [-0.3, -0.25) is 9.59 Å². The van der Waals surface area contributed by atoms with Crippen molar-refractivity contribution in [1.82, 2.24) is 9.80 Å². The average Bonchev–Trinajstić information content (AvgIpc) is 3.32. The smallest absolute Gasteiger partial charge is 0.199 e. The van der Waals surface area contributed by atoms with Crippen LogP contribution in [0.3, 0.4) is 0 Å². The third-order valence-corrected chi connectivity index (χ3v) is 4.37. The van der Waals surface area contributed by atoms with Gasteiger partial charge in [0.2, 0.25) is 0 Å². The van der Waals surface area contributed by atoms with E-state index < -0.39 is 0 Å². The van der Waals surface area contributed by atoms with Crippen LogP contribution in [-0.2, 0) is 0 Å². The minimum atomic E-state index is 0.0477. The Hall–Kier alpha value is -2.18. The van der Waals surface area contributed by atoms with Crippen LogP contribution in [0.5, 0.6) is 0 Å². The Kier molecular flexibility index (Phi) is 5.61. The number of Topliss-reactive ketones (excluding diaryl/α,β-unsaturated/α-hetero) is 2. The van der Waals surface area contributed by atoms with Crippen LogP contribution in [0.15, 0.2) is 45.6 Å². The van der Waals surface area contributed by atoms with Crippen LogP contribution in [0, 0.1) is 0 Å². The van der Waals surface area contributed by atoms with Gasteiger partial charge >= 0.3 is 0 Å². The zero-order valence-corrected chi connectivity index (χ0v) is 13.6. The highest BCUT2D eigenvalue weighted by Crippen LogP contribution is 2.09. The van der Waals surface area contributed by atoms with Crippen molar-refractivity contribution < 1.29 is 18.4 Å². The predicted molar refractivity (Wildman–Crippen MR) is 88.2 cm³/mol. The van der Waals surface area contributed by atoms with Crippen molar-refractivity contribution in [3.63, 3.8) is 0 Å². The highest BCUT2D eigenvalue weighted by atomic mass is 16.3. The zero-order valence-electron chi connectivity index (χ0n) is 13.6. The molecule has 1 aliphatic rings. The zero-order chi connectivity index (χ0) is 16.8. The largest absolute Gasteiger partial charge is 0.461 e. The quantitative estimate of drug-likeness (QED) is 0.692. The number of rotatable bonds is 8. The predicted octanol–water partition coefficient (Wildman–Crippen LogP) is 2.34. The maximum Gasteiger partial charge on any atom is 0.199 e. The molecule has 24 heavy (non-hydrogen) atoms. The summed E-state index contributed by atoms with van der Waals surface area (Å²) in [7, 11) is 0. The Morgan fingerprint density at radius 2 is 1.21 bits per heavy atom. The summed E-state index contributed by atoms with van der Waals surface area (Å²) < 4.78 is 10.2. The normalized spacial score (nSPS) is 16.3. The lowest BCUT2D eigenvalue weighted by atomic mass is 10.2. The summed E-state index contributed by atoms with van der Waals surface area (Å²) in [5, 5.41) is 0. The maximum absolute atomic E-state index is 11.9. The van der Waals surface area contributed by atoms with Gasteiger partial charge in [-0.2, -0.15) is 0 Å². The van der Waals surface area contributed by atoms with E-state index in [-0.39, 0.29) is 11.6 Å². The lowest BCUT2D eigenvalue weighted by Crippen LogP contribution is -2.47. The first-order chi connectivity index (χ1) is 11.7. The van der Waals surface area contributed by atoms with Crippen molar-refractivity contribution in [3.05, 3.63) is 48.3 Å². The van der Waals surface area contributed by atoms with E-state index in [0.717, 1.165) is 39.3 Å². The summed E-state index contributed by atoms with van der Waals surface area (Å²) in [6.45, 7) is 5.17. The van der Waals surface area contributed by atoms with Crippen LogP contribution < -0.4 is 0 Å². The number of carbonyl (C=O) groups excluding carboxylic acids is 2. The molecule has 2 aromatic heterocycles. The van der Waals surface area contributed by atoms with Crippen molar-refractivity contribution in [2.45, 2.75) is 12.8 Å². The molecule has 0 spiro atoms. The Morgan fingerprint density at radius 1 is 0.792 bits per heavy atom. The molecule has 3 heterocycles. The van der Waals surface area contributed by atoms with Gasteiger partial charge in [0.25, 0.3) is 0 Å². The van der Waals surface area contributed by atoms with E-state index in [1.165, 1.54) is 12.5 Å². The Balaban J connectivity index is 1.34. The third kappa shape index (κ3) is 4.43. The van der Waals surface area contributed by atoms with Gasteiger partial charge in [-0.25, -0.2) is 0 Å². The number of ketones is 2. The second kappa shape index (κ2) is 8.08. The average molecular weight is 330 g/mol. The molecular weight excluding hydrogens is 308 g/mol. The molecule has 0 bridgehead atoms. The van der Waals surface area contributed by atoms with E-state index in [1.807, 2.05) is 0 Å². The van der Waals surface area contributed by atoms with Crippen molar-refractivity contribution in [1.29, 1.82) is 0 Å². The number of furan rings is 2. The fourth-order valence-corrected chi connectivity index (χ4v) is 2.88. The number of carbonyl (C=O) groups is 2. The Labute approximate surface area is 141 Å². The molecule has 0 radical (unpaired) electrons. The van der Waals surface area contributed by atoms with Gasteiger partial charge in [0.05, 0.1) is 12.5 Å². The van der Waals surface area contributed by atoms with Gasteiger partial charge < -0.3 is 18.6 Å². The van der Waals surface area contributed by atoms with Gasteiger partial charge in [0.15, 0.2) is 23.1 Å². The molecule has 0 amide bonds. The third-order valence-electron chi connectivity index (χ3n) is 4.37. The van der Waals surface area contributed by atoms with E-state index in [2.05, 4.69) is 9.80 Å². The summed E-state index contributed by atoms with van der Waals surface area (Å²) in [6.07, 6.45) is 4.00. The molecular formula is C18H22N2O4. The summed E-state index contributed by atoms with van der Waals surface area (Å²) in [6, 6.07) is 6.87. The van der Waals surface area contributed by atoms with E-state index >= 15 is 0 Å². The van der Waals surface area contributed by atoms with Gasteiger partial charge in [-0.15, -0.1) is 0 Å². The van der Waals surface area contributed by atoms with Crippen LogP contribution >= 0.6 is 0 Å². The van der Waals surface area contributed by atoms with Crippen LogP contribution in [-0.4, -0.2) is 60.6 Å². The van der Waals surface area contributed by atoms with Crippen molar-refractivity contribution in [2.75, 3.05) is 39.3 Å². The first-order valence-electron chi connectivity index (χ1n) is 8.30. The Bertz CT molecular complexity index is 582. The number of nitrogens with zero attached hydrogens (tertiary/aromatic N) is 2. The van der Waals surface area contributed by atoms with Gasteiger partial charge in [0, 0.05) is 52.1 Å². The molecule has 1 aliphatic heterocycles. The molecule has 6 heteroatoms. The van der Waals surface area contributed by atoms with E-state index in [0.29, 0.717) is 24.4 Å².